The Bertz CT molecular complexity index is 822. The standard InChI is InChI=1S/C15H13ClFN3S/c1-8-7-21-14(12(8)16)13-11(15(18)20(2)19-13)9-4-3-5-10(17)6-9/h3-7H,18H2,1-2H3. The molecule has 0 bridgehead atoms. The van der Waals surface area contributed by atoms with Gasteiger partial charge in [-0.2, -0.15) is 5.10 Å². The number of benzene rings is 1. The van der Waals surface area contributed by atoms with Gasteiger partial charge in [-0.1, -0.05) is 23.7 Å². The molecule has 1 aromatic carbocycles. The number of anilines is 1. The fourth-order valence-corrected chi connectivity index (χ4v) is 3.49. The molecule has 0 aliphatic rings. The minimum atomic E-state index is -0.310. The van der Waals surface area contributed by atoms with Crippen LogP contribution in [0.25, 0.3) is 21.7 Å². The molecule has 0 saturated heterocycles. The molecule has 0 amide bonds. The molecule has 108 valence electrons. The maximum absolute atomic E-state index is 13.5. The van der Waals surface area contributed by atoms with Crippen LogP contribution in [0, 0.1) is 12.7 Å². The molecule has 3 rings (SSSR count). The lowest BCUT2D eigenvalue weighted by Crippen LogP contribution is -1.98. The summed E-state index contributed by atoms with van der Waals surface area (Å²) in [5, 5.41) is 7.09. The number of nitrogens with zero attached hydrogens (tertiary/aromatic N) is 2. The highest BCUT2D eigenvalue weighted by Crippen LogP contribution is 2.42. The monoisotopic (exact) mass is 321 g/mol. The summed E-state index contributed by atoms with van der Waals surface area (Å²) in [4.78, 5) is 0.848. The fraction of sp³-hybridized carbons (Fsp3) is 0.133. The van der Waals surface area contributed by atoms with Crippen LogP contribution in [0.2, 0.25) is 5.02 Å². The van der Waals surface area contributed by atoms with Crippen LogP contribution in [-0.2, 0) is 7.05 Å². The molecule has 0 fully saturated rings. The normalized spacial score (nSPS) is 11.0. The van der Waals surface area contributed by atoms with Gasteiger partial charge in [0.2, 0.25) is 0 Å². The van der Waals surface area contributed by atoms with Crippen molar-refractivity contribution < 1.29 is 4.39 Å². The number of rotatable bonds is 2. The fourth-order valence-electron chi connectivity index (χ4n) is 2.21. The van der Waals surface area contributed by atoms with Crippen molar-refractivity contribution in [3.05, 3.63) is 46.0 Å². The lowest BCUT2D eigenvalue weighted by Gasteiger charge is -2.04. The summed E-state index contributed by atoms with van der Waals surface area (Å²) in [5.41, 5.74) is 9.20. The Labute approximate surface area is 130 Å². The second-order valence-corrected chi connectivity index (χ2v) is 6.06. The van der Waals surface area contributed by atoms with Gasteiger partial charge in [0, 0.05) is 7.05 Å². The Hall–Kier alpha value is -1.85. The summed E-state index contributed by atoms with van der Waals surface area (Å²) in [7, 11) is 1.76. The topological polar surface area (TPSA) is 43.8 Å². The number of halogens is 2. The lowest BCUT2D eigenvalue weighted by atomic mass is 10.0. The second kappa shape index (κ2) is 5.16. The number of aromatic nitrogens is 2. The van der Waals surface area contributed by atoms with Crippen molar-refractivity contribution in [3.63, 3.8) is 0 Å². The van der Waals surface area contributed by atoms with E-state index in [9.17, 15) is 4.39 Å². The molecule has 0 spiro atoms. The van der Waals surface area contributed by atoms with E-state index >= 15 is 0 Å². The van der Waals surface area contributed by atoms with Crippen LogP contribution in [0.15, 0.2) is 29.6 Å². The molecule has 0 aliphatic carbocycles. The molecule has 2 aromatic heterocycles. The van der Waals surface area contributed by atoms with E-state index in [0.717, 1.165) is 10.4 Å². The first kappa shape index (κ1) is 14.1. The first-order chi connectivity index (χ1) is 9.99. The zero-order valence-electron chi connectivity index (χ0n) is 11.5. The molecule has 0 saturated carbocycles. The number of nitrogen functional groups attached to an aromatic ring is 1. The molecular weight excluding hydrogens is 309 g/mol. The minimum absolute atomic E-state index is 0.310. The average Bonchev–Trinajstić information content (AvgIpc) is 2.92. The van der Waals surface area contributed by atoms with Gasteiger partial charge >= 0.3 is 0 Å². The Balaban J connectivity index is 2.28. The second-order valence-electron chi connectivity index (χ2n) is 4.80. The van der Waals surface area contributed by atoms with Crippen molar-refractivity contribution in [1.82, 2.24) is 9.78 Å². The van der Waals surface area contributed by atoms with E-state index < -0.39 is 0 Å². The van der Waals surface area contributed by atoms with Crippen LogP contribution < -0.4 is 5.73 Å². The highest BCUT2D eigenvalue weighted by atomic mass is 35.5. The van der Waals surface area contributed by atoms with Gasteiger partial charge in [-0.25, -0.2) is 4.39 Å². The molecule has 2 heterocycles. The van der Waals surface area contributed by atoms with Crippen molar-refractivity contribution in [3.8, 4) is 21.7 Å². The molecule has 2 N–H and O–H groups in total. The van der Waals surface area contributed by atoms with E-state index in [1.165, 1.54) is 23.5 Å². The maximum atomic E-state index is 13.5. The third kappa shape index (κ3) is 2.32. The van der Waals surface area contributed by atoms with Gasteiger partial charge in [0.1, 0.15) is 17.3 Å². The molecule has 0 atom stereocenters. The Kier molecular flexibility index (Phi) is 3.47. The van der Waals surface area contributed by atoms with Crippen LogP contribution >= 0.6 is 22.9 Å². The molecule has 3 nitrogen and oxygen atoms in total. The highest BCUT2D eigenvalue weighted by Gasteiger charge is 2.21. The summed E-state index contributed by atoms with van der Waals surface area (Å²) in [6, 6.07) is 6.32. The first-order valence-corrected chi connectivity index (χ1v) is 7.57. The Morgan fingerprint density at radius 2 is 2.14 bits per heavy atom. The number of thiophene rings is 1. The predicted molar refractivity (Wildman–Crippen MR) is 86.1 cm³/mol. The highest BCUT2D eigenvalue weighted by molar-refractivity contribution is 7.14. The third-order valence-electron chi connectivity index (χ3n) is 3.32. The number of hydrogen-bond acceptors (Lipinski definition) is 3. The van der Waals surface area contributed by atoms with E-state index in [4.69, 9.17) is 17.3 Å². The van der Waals surface area contributed by atoms with E-state index in [1.54, 1.807) is 17.8 Å². The van der Waals surface area contributed by atoms with Crippen LogP contribution in [0.5, 0.6) is 0 Å². The van der Waals surface area contributed by atoms with E-state index in [0.29, 0.717) is 27.7 Å². The predicted octanol–water partition coefficient (Wildman–Crippen LogP) is 4.50. The van der Waals surface area contributed by atoms with Gasteiger partial charge in [0.05, 0.1) is 15.5 Å². The lowest BCUT2D eigenvalue weighted by molar-refractivity contribution is 0.628. The first-order valence-electron chi connectivity index (χ1n) is 6.31. The van der Waals surface area contributed by atoms with E-state index in [-0.39, 0.29) is 5.82 Å². The van der Waals surface area contributed by atoms with Crippen LogP contribution in [0.1, 0.15) is 5.56 Å². The SMILES string of the molecule is Cc1csc(-c2nn(C)c(N)c2-c2cccc(F)c2)c1Cl. The van der Waals surface area contributed by atoms with Gasteiger partial charge in [0.15, 0.2) is 0 Å². The molecule has 21 heavy (non-hydrogen) atoms. The van der Waals surface area contributed by atoms with Crippen molar-refractivity contribution >= 4 is 28.8 Å². The van der Waals surface area contributed by atoms with Gasteiger partial charge in [-0.05, 0) is 35.6 Å². The van der Waals surface area contributed by atoms with Gasteiger partial charge < -0.3 is 5.73 Å². The van der Waals surface area contributed by atoms with Crippen LogP contribution in [0.3, 0.4) is 0 Å². The van der Waals surface area contributed by atoms with Crippen molar-refractivity contribution in [2.24, 2.45) is 7.05 Å². The summed E-state index contributed by atoms with van der Waals surface area (Å²) in [6.45, 7) is 1.94. The molecule has 6 heteroatoms. The summed E-state index contributed by atoms with van der Waals surface area (Å²) < 4.78 is 15.1. The number of nitrogens with two attached hydrogens (primary N) is 1. The maximum Gasteiger partial charge on any atom is 0.129 e. The van der Waals surface area contributed by atoms with E-state index in [1.807, 2.05) is 18.4 Å². The van der Waals surface area contributed by atoms with Gasteiger partial charge in [0.25, 0.3) is 0 Å². The quantitative estimate of drug-likeness (QED) is 0.755. The summed E-state index contributed by atoms with van der Waals surface area (Å²) >= 11 is 7.85. The third-order valence-corrected chi connectivity index (χ3v) is 5.02. The molecular formula is C15H13ClFN3S. The van der Waals surface area contributed by atoms with Gasteiger partial charge in [-0.15, -0.1) is 11.3 Å². The zero-order valence-corrected chi connectivity index (χ0v) is 13.1. The van der Waals surface area contributed by atoms with Crippen molar-refractivity contribution in [1.29, 1.82) is 0 Å². The summed E-state index contributed by atoms with van der Waals surface area (Å²) in [5.74, 6) is 0.174. The number of aryl methyl sites for hydroxylation is 2. The smallest absolute Gasteiger partial charge is 0.129 e. The van der Waals surface area contributed by atoms with Gasteiger partial charge in [-0.3, -0.25) is 4.68 Å². The molecule has 0 aliphatic heterocycles. The summed E-state index contributed by atoms with van der Waals surface area (Å²) in [6.07, 6.45) is 0. The molecule has 3 aromatic rings. The zero-order chi connectivity index (χ0) is 15.1. The molecule has 0 radical (unpaired) electrons. The largest absolute Gasteiger partial charge is 0.383 e. The minimum Gasteiger partial charge on any atom is -0.383 e. The van der Waals surface area contributed by atoms with Crippen molar-refractivity contribution in [2.45, 2.75) is 6.92 Å². The number of hydrogen-bond donors (Lipinski definition) is 1. The molecule has 0 unspecified atom stereocenters. The average molecular weight is 322 g/mol. The van der Waals surface area contributed by atoms with E-state index in [2.05, 4.69) is 5.10 Å². The van der Waals surface area contributed by atoms with Crippen LogP contribution in [0.4, 0.5) is 10.2 Å². The van der Waals surface area contributed by atoms with Crippen LogP contribution in [-0.4, -0.2) is 9.78 Å². The Morgan fingerprint density at radius 3 is 2.76 bits per heavy atom. The Morgan fingerprint density at radius 1 is 1.38 bits per heavy atom. The van der Waals surface area contributed by atoms with Crippen molar-refractivity contribution in [2.75, 3.05) is 5.73 Å².